The fourth-order valence-electron chi connectivity index (χ4n) is 2.04. The van der Waals surface area contributed by atoms with Crippen LogP contribution in [0.5, 0.6) is 0 Å². The maximum Gasteiger partial charge on any atom is 0.150 e. The van der Waals surface area contributed by atoms with Crippen LogP contribution in [0.1, 0.15) is 36.6 Å². The zero-order valence-electron chi connectivity index (χ0n) is 11.7. The summed E-state index contributed by atoms with van der Waals surface area (Å²) < 4.78 is 16.0. The maximum atomic E-state index is 14.3. The van der Waals surface area contributed by atoms with E-state index in [1.54, 1.807) is 16.8 Å². The molecule has 0 atom stereocenters. The number of benzene rings is 1. The summed E-state index contributed by atoms with van der Waals surface area (Å²) >= 11 is 0. The van der Waals surface area contributed by atoms with Crippen LogP contribution in [0.25, 0.3) is 0 Å². The van der Waals surface area contributed by atoms with Crippen molar-refractivity contribution in [2.24, 2.45) is 5.73 Å². The molecule has 2 rings (SSSR count). The van der Waals surface area contributed by atoms with Gasteiger partial charge in [0.25, 0.3) is 0 Å². The number of nitrogens with one attached hydrogen (secondary N) is 1. The van der Waals surface area contributed by atoms with Crippen molar-refractivity contribution < 1.29 is 4.39 Å². The van der Waals surface area contributed by atoms with Gasteiger partial charge in [-0.2, -0.15) is 5.10 Å². The Kier molecular flexibility index (Phi) is 4.12. The van der Waals surface area contributed by atoms with Crippen LogP contribution < -0.4 is 5.73 Å². The highest BCUT2D eigenvalue weighted by molar-refractivity contribution is 5.95. The predicted octanol–water partition coefficient (Wildman–Crippen LogP) is 1.87. The van der Waals surface area contributed by atoms with Gasteiger partial charge in [0.15, 0.2) is 5.82 Å². The Hall–Kier alpha value is -2.24. The Morgan fingerprint density at radius 1 is 1.35 bits per heavy atom. The first-order chi connectivity index (χ1) is 9.56. The minimum Gasteiger partial charge on any atom is -0.384 e. The van der Waals surface area contributed by atoms with Crippen LogP contribution in [-0.2, 0) is 19.4 Å². The number of nitrogens with two attached hydrogens (primary N) is 1. The van der Waals surface area contributed by atoms with Crippen molar-refractivity contribution in [1.82, 2.24) is 14.8 Å². The zero-order chi connectivity index (χ0) is 14.7. The lowest BCUT2D eigenvalue weighted by Gasteiger charge is -2.08. The third-order valence-electron chi connectivity index (χ3n) is 3.11. The molecular weight excluding hydrogens is 257 g/mol. The van der Waals surface area contributed by atoms with Gasteiger partial charge in [-0.3, -0.25) is 5.41 Å². The number of halogens is 1. The summed E-state index contributed by atoms with van der Waals surface area (Å²) in [5.41, 5.74) is 5.95. The second kappa shape index (κ2) is 5.81. The molecule has 0 aliphatic carbocycles. The van der Waals surface area contributed by atoms with Crippen molar-refractivity contribution >= 4 is 5.84 Å². The van der Waals surface area contributed by atoms with E-state index in [-0.39, 0.29) is 11.4 Å². The number of nitrogens with zero attached hydrogens (tertiary/aromatic N) is 3. The second-order valence-electron chi connectivity index (χ2n) is 4.50. The molecule has 1 aromatic carbocycles. The normalized spacial score (nSPS) is 10.8. The molecule has 0 saturated heterocycles. The summed E-state index contributed by atoms with van der Waals surface area (Å²) in [7, 11) is 0. The first-order valence-corrected chi connectivity index (χ1v) is 6.61. The van der Waals surface area contributed by atoms with Crippen LogP contribution in [0.3, 0.4) is 0 Å². The van der Waals surface area contributed by atoms with Gasteiger partial charge >= 0.3 is 0 Å². The van der Waals surface area contributed by atoms with Crippen molar-refractivity contribution in [3.8, 4) is 0 Å². The standard InChI is InChI=1S/C14H18FN5/c1-3-11-18-12(4-2)20(19-11)8-9-6-5-7-10(13(9)15)14(16)17/h5-7H,3-4,8H2,1-2H3,(H3,16,17). The van der Waals surface area contributed by atoms with Crippen LogP contribution in [0.2, 0.25) is 0 Å². The molecule has 0 amide bonds. The Morgan fingerprint density at radius 2 is 2.10 bits per heavy atom. The monoisotopic (exact) mass is 275 g/mol. The smallest absolute Gasteiger partial charge is 0.150 e. The highest BCUT2D eigenvalue weighted by Crippen LogP contribution is 2.15. The Bertz CT molecular complexity index is 632. The summed E-state index contributed by atoms with van der Waals surface area (Å²) in [6, 6.07) is 4.87. The molecule has 0 aliphatic heterocycles. The fourth-order valence-corrected chi connectivity index (χ4v) is 2.04. The van der Waals surface area contributed by atoms with Gasteiger partial charge in [-0.25, -0.2) is 14.1 Å². The summed E-state index contributed by atoms with van der Waals surface area (Å²) in [4.78, 5) is 4.39. The molecule has 0 bridgehead atoms. The van der Waals surface area contributed by atoms with Crippen LogP contribution >= 0.6 is 0 Å². The molecular formula is C14H18FN5. The lowest BCUT2D eigenvalue weighted by molar-refractivity contribution is 0.571. The molecule has 0 saturated carbocycles. The molecule has 1 aromatic heterocycles. The van der Waals surface area contributed by atoms with Gasteiger partial charge in [0.1, 0.15) is 17.5 Å². The summed E-state index contributed by atoms with van der Waals surface area (Å²) in [5.74, 6) is 0.850. The van der Waals surface area contributed by atoms with Gasteiger partial charge in [-0.1, -0.05) is 26.0 Å². The third kappa shape index (κ3) is 2.68. The fraction of sp³-hybridized carbons (Fsp3) is 0.357. The second-order valence-corrected chi connectivity index (χ2v) is 4.50. The number of aryl methyl sites for hydroxylation is 2. The van der Waals surface area contributed by atoms with Gasteiger partial charge in [0.05, 0.1) is 12.1 Å². The van der Waals surface area contributed by atoms with E-state index in [0.29, 0.717) is 12.1 Å². The van der Waals surface area contributed by atoms with Gasteiger partial charge in [0.2, 0.25) is 0 Å². The number of hydrogen-bond acceptors (Lipinski definition) is 3. The van der Waals surface area contributed by atoms with Crippen LogP contribution in [0, 0.1) is 11.2 Å². The number of nitrogen functional groups attached to an aromatic ring is 1. The molecule has 5 nitrogen and oxygen atoms in total. The number of rotatable bonds is 5. The molecule has 0 fully saturated rings. The van der Waals surface area contributed by atoms with Gasteiger partial charge < -0.3 is 5.73 Å². The lowest BCUT2D eigenvalue weighted by Crippen LogP contribution is -2.16. The van der Waals surface area contributed by atoms with E-state index in [2.05, 4.69) is 10.1 Å². The Morgan fingerprint density at radius 3 is 2.70 bits per heavy atom. The molecule has 20 heavy (non-hydrogen) atoms. The topological polar surface area (TPSA) is 80.6 Å². The van der Waals surface area contributed by atoms with Crippen LogP contribution in [-0.4, -0.2) is 20.6 Å². The maximum absolute atomic E-state index is 14.3. The number of aromatic nitrogens is 3. The molecule has 106 valence electrons. The number of amidine groups is 1. The van der Waals surface area contributed by atoms with Crippen molar-refractivity contribution in [2.75, 3.05) is 0 Å². The summed E-state index contributed by atoms with van der Waals surface area (Å²) in [5, 5.41) is 11.7. The molecule has 0 unspecified atom stereocenters. The summed E-state index contributed by atoms with van der Waals surface area (Å²) in [6.07, 6.45) is 1.48. The van der Waals surface area contributed by atoms with Crippen LogP contribution in [0.15, 0.2) is 18.2 Å². The minimum absolute atomic E-state index is 0.122. The highest BCUT2D eigenvalue weighted by atomic mass is 19.1. The van der Waals surface area contributed by atoms with E-state index in [0.717, 1.165) is 24.5 Å². The first-order valence-electron chi connectivity index (χ1n) is 6.61. The molecule has 0 aliphatic rings. The Labute approximate surface area is 117 Å². The minimum atomic E-state index is -0.462. The van der Waals surface area contributed by atoms with Gasteiger partial charge in [-0.15, -0.1) is 0 Å². The van der Waals surface area contributed by atoms with Crippen LogP contribution in [0.4, 0.5) is 4.39 Å². The van der Waals surface area contributed by atoms with E-state index < -0.39 is 5.82 Å². The average Bonchev–Trinajstić information content (AvgIpc) is 2.83. The molecule has 0 spiro atoms. The van der Waals surface area contributed by atoms with Crippen molar-refractivity contribution in [3.63, 3.8) is 0 Å². The van der Waals surface area contributed by atoms with Crippen molar-refractivity contribution in [3.05, 3.63) is 46.8 Å². The van der Waals surface area contributed by atoms with E-state index >= 15 is 0 Å². The van der Waals surface area contributed by atoms with E-state index in [9.17, 15) is 4.39 Å². The molecule has 3 N–H and O–H groups in total. The quantitative estimate of drug-likeness (QED) is 0.645. The number of hydrogen-bond donors (Lipinski definition) is 2. The SMILES string of the molecule is CCc1nc(CC)n(Cc2cccc(C(=N)N)c2F)n1. The highest BCUT2D eigenvalue weighted by Gasteiger charge is 2.13. The Balaban J connectivity index is 2.37. The predicted molar refractivity (Wildman–Crippen MR) is 75.3 cm³/mol. The largest absolute Gasteiger partial charge is 0.384 e. The molecule has 2 aromatic rings. The van der Waals surface area contributed by atoms with E-state index in [1.807, 2.05) is 13.8 Å². The van der Waals surface area contributed by atoms with Gasteiger partial charge in [0, 0.05) is 18.4 Å². The zero-order valence-corrected chi connectivity index (χ0v) is 11.7. The van der Waals surface area contributed by atoms with E-state index in [4.69, 9.17) is 11.1 Å². The lowest BCUT2D eigenvalue weighted by atomic mass is 10.1. The van der Waals surface area contributed by atoms with Crippen molar-refractivity contribution in [2.45, 2.75) is 33.2 Å². The molecule has 1 heterocycles. The van der Waals surface area contributed by atoms with Crippen molar-refractivity contribution in [1.29, 1.82) is 5.41 Å². The molecule has 0 radical (unpaired) electrons. The third-order valence-corrected chi connectivity index (χ3v) is 3.11. The average molecular weight is 275 g/mol. The molecule has 6 heteroatoms. The summed E-state index contributed by atoms with van der Waals surface area (Å²) in [6.45, 7) is 4.27. The first kappa shape index (κ1) is 14.2. The van der Waals surface area contributed by atoms with E-state index in [1.165, 1.54) is 6.07 Å². The van der Waals surface area contributed by atoms with Gasteiger partial charge in [-0.05, 0) is 6.07 Å².